The standard InChI is InChI=1S/C15H27NO6.C8H17NO2/c1-9(2)6-12(7-13(17)18)8-16-15(20)22-11(5)21-14(19)10(3)4;1-6(2)3-7(5-9)4-8(10)11/h9-12H,6-8H2,1-5H3,(H,16,20)(H,17,18);6-7H,3-5,9H2,1-2H3,(H,10,11)/t11?,12-;7-/m00/s1. The third-order valence-corrected chi connectivity index (χ3v) is 4.43. The van der Waals surface area contributed by atoms with Crippen molar-refractivity contribution in [1.29, 1.82) is 0 Å². The number of carbonyl (C=O) groups is 4. The van der Waals surface area contributed by atoms with Crippen LogP contribution in [0.2, 0.25) is 0 Å². The lowest BCUT2D eigenvalue weighted by molar-refractivity contribution is -0.168. The second-order valence-corrected chi connectivity index (χ2v) is 9.37. The minimum absolute atomic E-state index is 0.0175. The zero-order valence-corrected chi connectivity index (χ0v) is 21.1. The molecule has 194 valence electrons. The van der Waals surface area contributed by atoms with Gasteiger partial charge in [0.25, 0.3) is 0 Å². The van der Waals surface area contributed by atoms with Gasteiger partial charge in [-0.25, -0.2) is 4.79 Å². The van der Waals surface area contributed by atoms with Gasteiger partial charge in [-0.3, -0.25) is 14.4 Å². The van der Waals surface area contributed by atoms with Crippen LogP contribution in [0.25, 0.3) is 0 Å². The van der Waals surface area contributed by atoms with Gasteiger partial charge >= 0.3 is 24.0 Å². The second kappa shape index (κ2) is 18.1. The number of amides is 1. The van der Waals surface area contributed by atoms with E-state index in [1.807, 2.05) is 13.8 Å². The van der Waals surface area contributed by atoms with Gasteiger partial charge in [0.05, 0.1) is 5.92 Å². The molecule has 33 heavy (non-hydrogen) atoms. The van der Waals surface area contributed by atoms with E-state index in [1.165, 1.54) is 6.92 Å². The maximum Gasteiger partial charge on any atom is 0.410 e. The first-order chi connectivity index (χ1) is 15.2. The topological polar surface area (TPSA) is 165 Å². The fraction of sp³-hybridized carbons (Fsp3) is 0.826. The highest BCUT2D eigenvalue weighted by Gasteiger charge is 2.19. The molecule has 0 spiro atoms. The highest BCUT2D eigenvalue weighted by molar-refractivity contribution is 5.72. The summed E-state index contributed by atoms with van der Waals surface area (Å²) in [6.07, 6.45) is 0.0549. The van der Waals surface area contributed by atoms with Crippen molar-refractivity contribution in [3.63, 3.8) is 0 Å². The van der Waals surface area contributed by atoms with Crippen LogP contribution in [-0.4, -0.2) is 53.6 Å². The highest BCUT2D eigenvalue weighted by atomic mass is 16.7. The van der Waals surface area contributed by atoms with E-state index in [2.05, 4.69) is 19.2 Å². The minimum Gasteiger partial charge on any atom is -0.481 e. The number of nitrogens with two attached hydrogens (primary N) is 1. The molecule has 0 fully saturated rings. The summed E-state index contributed by atoms with van der Waals surface area (Å²) >= 11 is 0. The maximum absolute atomic E-state index is 11.6. The van der Waals surface area contributed by atoms with Crippen LogP contribution in [0.1, 0.15) is 74.1 Å². The van der Waals surface area contributed by atoms with E-state index in [9.17, 15) is 19.2 Å². The van der Waals surface area contributed by atoms with Crippen LogP contribution >= 0.6 is 0 Å². The summed E-state index contributed by atoms with van der Waals surface area (Å²) in [4.78, 5) is 44.0. The number of carboxylic acids is 2. The van der Waals surface area contributed by atoms with Crippen LogP contribution in [0.15, 0.2) is 0 Å². The predicted octanol–water partition coefficient (Wildman–Crippen LogP) is 3.48. The molecule has 10 heteroatoms. The van der Waals surface area contributed by atoms with E-state index >= 15 is 0 Å². The average Bonchev–Trinajstić information content (AvgIpc) is 2.64. The Morgan fingerprint density at radius 3 is 1.64 bits per heavy atom. The van der Waals surface area contributed by atoms with Crippen molar-refractivity contribution in [2.45, 2.75) is 80.4 Å². The quantitative estimate of drug-likeness (QED) is 0.217. The van der Waals surface area contributed by atoms with Crippen LogP contribution < -0.4 is 11.1 Å². The van der Waals surface area contributed by atoms with Gasteiger partial charge in [-0.2, -0.15) is 0 Å². The van der Waals surface area contributed by atoms with E-state index in [-0.39, 0.29) is 37.1 Å². The summed E-state index contributed by atoms with van der Waals surface area (Å²) < 4.78 is 9.79. The number of rotatable bonds is 14. The van der Waals surface area contributed by atoms with E-state index in [1.54, 1.807) is 13.8 Å². The Labute approximate surface area is 197 Å². The zero-order chi connectivity index (χ0) is 26.1. The van der Waals surface area contributed by atoms with E-state index in [0.717, 1.165) is 6.42 Å². The molecule has 5 N–H and O–H groups in total. The van der Waals surface area contributed by atoms with Crippen LogP contribution in [0.4, 0.5) is 4.79 Å². The fourth-order valence-corrected chi connectivity index (χ4v) is 3.07. The van der Waals surface area contributed by atoms with Gasteiger partial charge in [0.15, 0.2) is 0 Å². The maximum atomic E-state index is 11.6. The Morgan fingerprint density at radius 1 is 0.788 bits per heavy atom. The molecule has 1 unspecified atom stereocenters. The van der Waals surface area contributed by atoms with Crippen molar-refractivity contribution >= 4 is 24.0 Å². The second-order valence-electron chi connectivity index (χ2n) is 9.37. The Kier molecular flexibility index (Phi) is 18.0. The molecule has 0 heterocycles. The van der Waals surface area contributed by atoms with Crippen LogP contribution in [0.5, 0.6) is 0 Å². The third kappa shape index (κ3) is 21.3. The molecule has 0 aliphatic heterocycles. The number of carboxylic acid groups (broad SMARTS) is 2. The van der Waals surface area contributed by atoms with Gasteiger partial charge in [-0.05, 0) is 43.1 Å². The fourth-order valence-electron chi connectivity index (χ4n) is 3.07. The molecule has 0 rings (SSSR count). The molecule has 0 aromatic carbocycles. The van der Waals surface area contributed by atoms with E-state index < -0.39 is 30.3 Å². The Hall–Kier alpha value is -2.36. The van der Waals surface area contributed by atoms with Gasteiger partial charge in [0, 0.05) is 26.3 Å². The Morgan fingerprint density at radius 2 is 1.24 bits per heavy atom. The van der Waals surface area contributed by atoms with Crippen LogP contribution in [0.3, 0.4) is 0 Å². The summed E-state index contributed by atoms with van der Waals surface area (Å²) in [6, 6.07) is 0. The summed E-state index contributed by atoms with van der Waals surface area (Å²) in [5.41, 5.74) is 5.41. The summed E-state index contributed by atoms with van der Waals surface area (Å²) in [5.74, 6) is -1.58. The van der Waals surface area contributed by atoms with E-state index in [0.29, 0.717) is 24.8 Å². The van der Waals surface area contributed by atoms with E-state index in [4.69, 9.17) is 25.4 Å². The number of ether oxygens (including phenoxy) is 2. The first-order valence-electron chi connectivity index (χ1n) is 11.5. The molecule has 0 saturated heterocycles. The zero-order valence-electron chi connectivity index (χ0n) is 21.1. The number of aliphatic carboxylic acids is 2. The third-order valence-electron chi connectivity index (χ3n) is 4.43. The number of carbonyl (C=O) groups excluding carboxylic acids is 2. The van der Waals surface area contributed by atoms with Crippen LogP contribution in [-0.2, 0) is 23.9 Å². The number of hydrogen-bond acceptors (Lipinski definition) is 7. The molecule has 3 atom stereocenters. The number of hydrogen-bond donors (Lipinski definition) is 4. The lowest BCUT2D eigenvalue weighted by Crippen LogP contribution is -2.34. The molecule has 0 aromatic heterocycles. The largest absolute Gasteiger partial charge is 0.481 e. The summed E-state index contributed by atoms with van der Waals surface area (Å²) in [7, 11) is 0. The number of nitrogens with one attached hydrogen (secondary N) is 1. The molecule has 0 saturated carbocycles. The molecule has 0 aliphatic rings. The molecule has 10 nitrogen and oxygen atoms in total. The van der Waals surface area contributed by atoms with Gasteiger partial charge in [-0.1, -0.05) is 41.5 Å². The van der Waals surface area contributed by atoms with Gasteiger partial charge in [0.2, 0.25) is 6.29 Å². The smallest absolute Gasteiger partial charge is 0.410 e. The van der Waals surface area contributed by atoms with Crippen molar-refractivity contribution in [3.05, 3.63) is 0 Å². The molecular weight excluding hydrogens is 432 g/mol. The lowest BCUT2D eigenvalue weighted by atomic mass is 9.94. The Bertz CT molecular complexity index is 593. The lowest BCUT2D eigenvalue weighted by Gasteiger charge is -2.19. The predicted molar refractivity (Wildman–Crippen MR) is 124 cm³/mol. The van der Waals surface area contributed by atoms with Gasteiger partial charge in [0.1, 0.15) is 0 Å². The molecule has 1 amide bonds. The minimum atomic E-state index is -0.988. The summed E-state index contributed by atoms with van der Waals surface area (Å²) in [6.45, 7) is 13.6. The molecule has 0 aliphatic carbocycles. The highest BCUT2D eigenvalue weighted by Crippen LogP contribution is 2.15. The van der Waals surface area contributed by atoms with Crippen molar-refractivity contribution < 1.29 is 38.9 Å². The summed E-state index contributed by atoms with van der Waals surface area (Å²) in [5, 5.41) is 19.8. The molecule has 0 aromatic rings. The normalized spacial score (nSPS) is 13.5. The van der Waals surface area contributed by atoms with Gasteiger partial charge < -0.3 is 30.7 Å². The SMILES string of the molecule is CC(C)C[C@H](CN)CC(=O)O.CC(C)C[C@H](CNC(=O)OC(C)OC(=O)C(C)C)CC(=O)O. The first-order valence-corrected chi connectivity index (χ1v) is 11.5. The molecule has 0 bridgehead atoms. The van der Waals surface area contributed by atoms with Crippen LogP contribution in [0, 0.1) is 29.6 Å². The van der Waals surface area contributed by atoms with Crippen molar-refractivity contribution in [2.75, 3.05) is 13.1 Å². The monoisotopic (exact) mass is 476 g/mol. The number of alkyl carbamates (subject to hydrolysis) is 1. The average molecular weight is 477 g/mol. The molecule has 0 radical (unpaired) electrons. The number of esters is 1. The van der Waals surface area contributed by atoms with Crippen molar-refractivity contribution in [2.24, 2.45) is 35.3 Å². The van der Waals surface area contributed by atoms with Gasteiger partial charge in [-0.15, -0.1) is 0 Å². The Balaban J connectivity index is 0. The molecular formula is C23H44N2O8. The van der Waals surface area contributed by atoms with Crippen molar-refractivity contribution in [1.82, 2.24) is 5.32 Å². The first kappa shape index (κ1) is 32.8. The van der Waals surface area contributed by atoms with Crippen molar-refractivity contribution in [3.8, 4) is 0 Å².